The van der Waals surface area contributed by atoms with Crippen molar-refractivity contribution in [1.82, 2.24) is 14.9 Å². The first-order valence-electron chi connectivity index (χ1n) is 7.43. The van der Waals surface area contributed by atoms with E-state index in [4.69, 9.17) is 4.52 Å². The van der Waals surface area contributed by atoms with E-state index in [0.717, 1.165) is 16.7 Å². The fraction of sp³-hybridized carbons (Fsp3) is 0.176. The molecular formula is C17H17N3O3S. The maximum atomic E-state index is 12.1. The first-order chi connectivity index (χ1) is 11.5. The van der Waals surface area contributed by atoms with Gasteiger partial charge in [-0.25, -0.2) is 13.1 Å². The van der Waals surface area contributed by atoms with Gasteiger partial charge in [0.15, 0.2) is 0 Å². The van der Waals surface area contributed by atoms with Gasteiger partial charge < -0.3 is 4.52 Å². The van der Waals surface area contributed by atoms with Crippen LogP contribution in [0.4, 0.5) is 0 Å². The van der Waals surface area contributed by atoms with Gasteiger partial charge in [0, 0.05) is 5.56 Å². The molecule has 7 heteroatoms. The number of hydrogen-bond acceptors (Lipinski definition) is 5. The fourth-order valence-electron chi connectivity index (χ4n) is 2.28. The Hall–Kier alpha value is -2.51. The molecule has 0 radical (unpaired) electrons. The summed E-state index contributed by atoms with van der Waals surface area (Å²) >= 11 is 0. The van der Waals surface area contributed by atoms with Gasteiger partial charge in [-0.3, -0.25) is 0 Å². The molecule has 6 nitrogen and oxygen atoms in total. The van der Waals surface area contributed by atoms with E-state index in [1.165, 1.54) is 0 Å². The van der Waals surface area contributed by atoms with Crippen molar-refractivity contribution in [2.24, 2.45) is 0 Å². The van der Waals surface area contributed by atoms with Crippen LogP contribution in [0.15, 0.2) is 59.1 Å². The molecule has 0 bridgehead atoms. The number of sulfonamides is 1. The zero-order chi connectivity index (χ0) is 17.0. The summed E-state index contributed by atoms with van der Waals surface area (Å²) in [6.45, 7) is 1.92. The standard InChI is InChI=1S/C17H17N3O3S/c1-13-7-5-6-10-15(13)17-19-16(23-20-17)11-18-24(21,22)12-14-8-3-2-4-9-14/h2-10,18H,11-12H2,1H3. The molecule has 0 aliphatic heterocycles. The van der Waals surface area contributed by atoms with Gasteiger partial charge >= 0.3 is 0 Å². The largest absolute Gasteiger partial charge is 0.338 e. The lowest BCUT2D eigenvalue weighted by atomic mass is 10.1. The third-order valence-electron chi connectivity index (χ3n) is 3.50. The average molecular weight is 343 g/mol. The molecule has 0 unspecified atom stereocenters. The lowest BCUT2D eigenvalue weighted by molar-refractivity contribution is 0.376. The highest BCUT2D eigenvalue weighted by molar-refractivity contribution is 7.88. The number of rotatable bonds is 6. The minimum atomic E-state index is -3.47. The van der Waals surface area contributed by atoms with Crippen molar-refractivity contribution >= 4 is 10.0 Å². The topological polar surface area (TPSA) is 85.1 Å². The molecule has 24 heavy (non-hydrogen) atoms. The van der Waals surface area contributed by atoms with E-state index in [9.17, 15) is 8.42 Å². The predicted octanol–water partition coefficient (Wildman–Crippen LogP) is 2.66. The summed E-state index contributed by atoms with van der Waals surface area (Å²) in [5.41, 5.74) is 2.60. The second kappa shape index (κ2) is 6.94. The quantitative estimate of drug-likeness (QED) is 0.744. The van der Waals surface area contributed by atoms with Gasteiger partial charge in [-0.05, 0) is 18.1 Å². The van der Waals surface area contributed by atoms with Gasteiger partial charge in [0.2, 0.25) is 21.7 Å². The zero-order valence-corrected chi connectivity index (χ0v) is 14.0. The number of aryl methyl sites for hydroxylation is 1. The van der Waals surface area contributed by atoms with Gasteiger partial charge in [0.25, 0.3) is 0 Å². The van der Waals surface area contributed by atoms with Crippen molar-refractivity contribution in [2.75, 3.05) is 0 Å². The molecule has 0 saturated carbocycles. The molecule has 1 N–H and O–H groups in total. The maximum Gasteiger partial charge on any atom is 0.242 e. The Morgan fingerprint density at radius 2 is 1.75 bits per heavy atom. The monoisotopic (exact) mass is 343 g/mol. The molecule has 3 rings (SSSR count). The lowest BCUT2D eigenvalue weighted by Gasteiger charge is -2.04. The average Bonchev–Trinajstić information content (AvgIpc) is 3.03. The highest BCUT2D eigenvalue weighted by Gasteiger charge is 2.15. The molecule has 0 saturated heterocycles. The molecule has 0 spiro atoms. The number of hydrogen-bond donors (Lipinski definition) is 1. The van der Waals surface area contributed by atoms with Gasteiger partial charge in [0.05, 0.1) is 12.3 Å². The summed E-state index contributed by atoms with van der Waals surface area (Å²) in [4.78, 5) is 4.25. The molecule has 2 aromatic carbocycles. The molecular weight excluding hydrogens is 326 g/mol. The summed E-state index contributed by atoms with van der Waals surface area (Å²) in [7, 11) is -3.47. The van der Waals surface area contributed by atoms with Gasteiger partial charge in [-0.15, -0.1) is 0 Å². The van der Waals surface area contributed by atoms with Gasteiger partial charge in [-0.1, -0.05) is 59.8 Å². The van der Waals surface area contributed by atoms with Crippen LogP contribution in [-0.4, -0.2) is 18.6 Å². The van der Waals surface area contributed by atoms with Crippen LogP contribution in [0.2, 0.25) is 0 Å². The van der Waals surface area contributed by atoms with Crippen LogP contribution < -0.4 is 4.72 Å². The molecule has 1 heterocycles. The van der Waals surface area contributed by atoms with E-state index < -0.39 is 10.0 Å². The first-order valence-corrected chi connectivity index (χ1v) is 9.08. The molecule has 124 valence electrons. The van der Waals surface area contributed by atoms with Crippen molar-refractivity contribution in [3.05, 3.63) is 71.6 Å². The van der Waals surface area contributed by atoms with E-state index in [1.807, 2.05) is 37.3 Å². The van der Waals surface area contributed by atoms with Crippen molar-refractivity contribution in [3.63, 3.8) is 0 Å². The van der Waals surface area contributed by atoms with Crippen molar-refractivity contribution in [1.29, 1.82) is 0 Å². The summed E-state index contributed by atoms with van der Waals surface area (Å²) in [6, 6.07) is 16.6. The predicted molar refractivity (Wildman–Crippen MR) is 90.4 cm³/mol. The van der Waals surface area contributed by atoms with Crippen LogP contribution in [-0.2, 0) is 22.3 Å². The van der Waals surface area contributed by atoms with Gasteiger partial charge in [-0.2, -0.15) is 4.98 Å². The van der Waals surface area contributed by atoms with Gasteiger partial charge in [0.1, 0.15) is 0 Å². The molecule has 1 aromatic heterocycles. The smallest absolute Gasteiger partial charge is 0.242 e. The second-order valence-corrected chi connectivity index (χ2v) is 7.20. The van der Waals surface area contributed by atoms with E-state index in [2.05, 4.69) is 14.9 Å². The minimum Gasteiger partial charge on any atom is -0.338 e. The normalized spacial score (nSPS) is 11.5. The Morgan fingerprint density at radius 3 is 2.50 bits per heavy atom. The molecule has 0 aliphatic carbocycles. The number of nitrogens with zero attached hydrogens (tertiary/aromatic N) is 2. The molecule has 0 aliphatic rings. The summed E-state index contributed by atoms with van der Waals surface area (Å²) < 4.78 is 31.8. The number of aromatic nitrogens is 2. The molecule has 3 aromatic rings. The minimum absolute atomic E-state index is 0.0337. The first kappa shape index (κ1) is 16.4. The van der Waals surface area contributed by atoms with Crippen LogP contribution in [0.5, 0.6) is 0 Å². The Balaban J connectivity index is 1.66. The number of nitrogens with one attached hydrogen (secondary N) is 1. The highest BCUT2D eigenvalue weighted by atomic mass is 32.2. The maximum absolute atomic E-state index is 12.1. The Bertz CT molecular complexity index is 921. The zero-order valence-electron chi connectivity index (χ0n) is 13.1. The van der Waals surface area contributed by atoms with Crippen LogP contribution >= 0.6 is 0 Å². The Morgan fingerprint density at radius 1 is 1.04 bits per heavy atom. The third kappa shape index (κ3) is 4.06. The lowest BCUT2D eigenvalue weighted by Crippen LogP contribution is -2.24. The van der Waals surface area contributed by atoms with Crippen LogP contribution in [0.1, 0.15) is 17.0 Å². The highest BCUT2D eigenvalue weighted by Crippen LogP contribution is 2.19. The SMILES string of the molecule is Cc1ccccc1-c1noc(CNS(=O)(=O)Cc2ccccc2)n1. The van der Waals surface area contributed by atoms with E-state index in [1.54, 1.807) is 24.3 Å². The van der Waals surface area contributed by atoms with E-state index >= 15 is 0 Å². The Kier molecular flexibility index (Phi) is 4.73. The van der Waals surface area contributed by atoms with Crippen molar-refractivity contribution < 1.29 is 12.9 Å². The van der Waals surface area contributed by atoms with Crippen molar-refractivity contribution in [3.8, 4) is 11.4 Å². The molecule has 0 amide bonds. The molecule has 0 atom stereocenters. The van der Waals surface area contributed by atoms with Crippen LogP contribution in [0.3, 0.4) is 0 Å². The van der Waals surface area contributed by atoms with E-state index in [-0.39, 0.29) is 18.2 Å². The second-order valence-electron chi connectivity index (χ2n) is 5.39. The summed E-state index contributed by atoms with van der Waals surface area (Å²) in [5.74, 6) is 0.586. The molecule has 0 fully saturated rings. The third-order valence-corrected chi connectivity index (χ3v) is 4.79. The number of benzene rings is 2. The van der Waals surface area contributed by atoms with Crippen molar-refractivity contribution in [2.45, 2.75) is 19.2 Å². The van der Waals surface area contributed by atoms with E-state index in [0.29, 0.717) is 5.82 Å². The summed E-state index contributed by atoms with van der Waals surface area (Å²) in [6.07, 6.45) is 0. The Labute approximate surface area is 140 Å². The fourth-order valence-corrected chi connectivity index (χ4v) is 3.35. The van der Waals surface area contributed by atoms with Crippen LogP contribution in [0, 0.1) is 6.92 Å². The van der Waals surface area contributed by atoms with Crippen LogP contribution in [0.25, 0.3) is 11.4 Å². The summed E-state index contributed by atoms with van der Waals surface area (Å²) in [5, 5.41) is 3.91.